The molecule has 2 saturated carbocycles. The molecular weight excluding hydrogens is 236 g/mol. The van der Waals surface area contributed by atoms with Gasteiger partial charge in [0.05, 0.1) is 0 Å². The van der Waals surface area contributed by atoms with Gasteiger partial charge in [0, 0.05) is 19.0 Å². The van der Waals surface area contributed by atoms with Crippen LogP contribution in [0.4, 0.5) is 0 Å². The van der Waals surface area contributed by atoms with Crippen LogP contribution in [0.15, 0.2) is 0 Å². The van der Waals surface area contributed by atoms with Crippen molar-refractivity contribution in [2.75, 3.05) is 13.6 Å². The Hall–Kier alpha value is -0.570. The molecule has 2 fully saturated rings. The third-order valence-electron chi connectivity index (χ3n) is 5.22. The summed E-state index contributed by atoms with van der Waals surface area (Å²) in [6.45, 7) is 0.729. The first kappa shape index (κ1) is 14.8. The summed E-state index contributed by atoms with van der Waals surface area (Å²) >= 11 is 0. The second-order valence-corrected chi connectivity index (χ2v) is 6.49. The minimum atomic E-state index is 0.285. The van der Waals surface area contributed by atoms with E-state index < -0.39 is 0 Å². The maximum Gasteiger partial charge on any atom is 0.225 e. The molecule has 2 aliphatic rings. The van der Waals surface area contributed by atoms with E-state index in [9.17, 15) is 4.79 Å². The molecule has 0 bridgehead atoms. The van der Waals surface area contributed by atoms with Crippen molar-refractivity contribution < 1.29 is 4.79 Å². The molecule has 3 heteroatoms. The zero-order valence-corrected chi connectivity index (χ0v) is 12.4. The topological polar surface area (TPSA) is 46.3 Å². The first-order valence-corrected chi connectivity index (χ1v) is 8.20. The molecule has 2 N–H and O–H groups in total. The van der Waals surface area contributed by atoms with Gasteiger partial charge >= 0.3 is 0 Å². The second kappa shape index (κ2) is 7.28. The molecule has 0 spiro atoms. The summed E-state index contributed by atoms with van der Waals surface area (Å²) in [6, 6.07) is 0.398. The van der Waals surface area contributed by atoms with E-state index in [0.29, 0.717) is 17.9 Å². The Labute approximate surface area is 117 Å². The third-order valence-corrected chi connectivity index (χ3v) is 5.22. The number of carbonyl (C=O) groups excluding carboxylic acids is 1. The molecule has 19 heavy (non-hydrogen) atoms. The maximum absolute atomic E-state index is 12.7. The van der Waals surface area contributed by atoms with E-state index in [1.807, 2.05) is 7.05 Å². The summed E-state index contributed by atoms with van der Waals surface area (Å²) in [5.74, 6) is 1.20. The van der Waals surface area contributed by atoms with E-state index in [1.165, 1.54) is 44.9 Å². The van der Waals surface area contributed by atoms with Gasteiger partial charge in [-0.05, 0) is 38.1 Å². The number of nitrogens with zero attached hydrogens (tertiary/aromatic N) is 1. The predicted octanol–water partition coefficient (Wildman–Crippen LogP) is 2.93. The van der Waals surface area contributed by atoms with Crippen LogP contribution >= 0.6 is 0 Å². The number of hydrogen-bond acceptors (Lipinski definition) is 2. The zero-order valence-electron chi connectivity index (χ0n) is 12.4. The minimum absolute atomic E-state index is 0.285. The highest BCUT2D eigenvalue weighted by atomic mass is 16.2. The Balaban J connectivity index is 1.96. The van der Waals surface area contributed by atoms with Gasteiger partial charge in [0.2, 0.25) is 5.91 Å². The molecule has 2 rings (SSSR count). The highest BCUT2D eigenvalue weighted by molar-refractivity contribution is 5.79. The van der Waals surface area contributed by atoms with Gasteiger partial charge in [0.15, 0.2) is 0 Å². The van der Waals surface area contributed by atoms with Gasteiger partial charge in [-0.3, -0.25) is 4.79 Å². The number of amides is 1. The van der Waals surface area contributed by atoms with E-state index in [2.05, 4.69) is 4.90 Å². The average Bonchev–Trinajstić information content (AvgIpc) is 2.74. The smallest absolute Gasteiger partial charge is 0.225 e. The summed E-state index contributed by atoms with van der Waals surface area (Å²) in [7, 11) is 2.02. The van der Waals surface area contributed by atoms with Crippen molar-refractivity contribution in [3.8, 4) is 0 Å². The Morgan fingerprint density at radius 1 is 1.00 bits per heavy atom. The molecule has 2 atom stereocenters. The van der Waals surface area contributed by atoms with Gasteiger partial charge in [-0.1, -0.05) is 38.5 Å². The number of hydrogen-bond donors (Lipinski definition) is 1. The lowest BCUT2D eigenvalue weighted by Crippen LogP contribution is -2.47. The van der Waals surface area contributed by atoms with Crippen molar-refractivity contribution in [2.24, 2.45) is 17.6 Å². The van der Waals surface area contributed by atoms with Gasteiger partial charge < -0.3 is 10.6 Å². The normalized spacial score (nSPS) is 29.8. The van der Waals surface area contributed by atoms with Crippen LogP contribution in [-0.2, 0) is 4.79 Å². The van der Waals surface area contributed by atoms with Crippen LogP contribution in [0.2, 0.25) is 0 Å². The number of carbonyl (C=O) groups is 1. The Bertz CT molecular complexity index is 284. The fraction of sp³-hybridized carbons (Fsp3) is 0.938. The molecule has 0 saturated heterocycles. The standard InChI is InChI=1S/C16H30N2O/c1-18(15-11-7-6-10-14(15)12-17)16(19)13-8-4-2-3-5-9-13/h13-15H,2-12,17H2,1H3. The van der Waals surface area contributed by atoms with Gasteiger partial charge in [-0.2, -0.15) is 0 Å². The van der Waals surface area contributed by atoms with E-state index >= 15 is 0 Å². The van der Waals surface area contributed by atoms with Crippen molar-refractivity contribution in [3.05, 3.63) is 0 Å². The van der Waals surface area contributed by atoms with E-state index in [0.717, 1.165) is 25.8 Å². The highest BCUT2D eigenvalue weighted by Crippen LogP contribution is 2.30. The van der Waals surface area contributed by atoms with Gasteiger partial charge in [-0.25, -0.2) is 0 Å². The summed E-state index contributed by atoms with van der Waals surface area (Å²) in [4.78, 5) is 14.8. The third kappa shape index (κ3) is 3.71. The fourth-order valence-corrected chi connectivity index (χ4v) is 3.95. The van der Waals surface area contributed by atoms with Crippen LogP contribution < -0.4 is 5.73 Å². The van der Waals surface area contributed by atoms with Crippen LogP contribution in [0.3, 0.4) is 0 Å². The van der Waals surface area contributed by atoms with Gasteiger partial charge in [0.1, 0.15) is 0 Å². The molecule has 110 valence electrons. The van der Waals surface area contributed by atoms with Crippen molar-refractivity contribution in [2.45, 2.75) is 70.3 Å². The number of nitrogens with two attached hydrogens (primary N) is 1. The van der Waals surface area contributed by atoms with Crippen LogP contribution in [0.1, 0.15) is 64.2 Å². The van der Waals surface area contributed by atoms with Crippen LogP contribution in [0.25, 0.3) is 0 Å². The molecule has 0 aromatic carbocycles. The Morgan fingerprint density at radius 3 is 2.21 bits per heavy atom. The molecule has 0 heterocycles. The van der Waals surface area contributed by atoms with E-state index in [-0.39, 0.29) is 5.92 Å². The van der Waals surface area contributed by atoms with Crippen molar-refractivity contribution >= 4 is 5.91 Å². The maximum atomic E-state index is 12.7. The van der Waals surface area contributed by atoms with Gasteiger partial charge in [0.25, 0.3) is 0 Å². The zero-order chi connectivity index (χ0) is 13.7. The van der Waals surface area contributed by atoms with Crippen LogP contribution in [-0.4, -0.2) is 30.4 Å². The predicted molar refractivity (Wildman–Crippen MR) is 78.8 cm³/mol. The molecular formula is C16H30N2O. The molecule has 1 amide bonds. The quantitative estimate of drug-likeness (QED) is 0.798. The molecule has 0 aromatic rings. The van der Waals surface area contributed by atoms with E-state index in [1.54, 1.807) is 0 Å². The first-order valence-electron chi connectivity index (χ1n) is 8.20. The summed E-state index contributed by atoms with van der Waals surface area (Å²) in [6.07, 6.45) is 12.2. The van der Waals surface area contributed by atoms with Crippen LogP contribution in [0, 0.1) is 11.8 Å². The van der Waals surface area contributed by atoms with Crippen molar-refractivity contribution in [1.82, 2.24) is 4.90 Å². The van der Waals surface area contributed by atoms with Crippen molar-refractivity contribution in [1.29, 1.82) is 0 Å². The first-order chi connectivity index (χ1) is 9.24. The minimum Gasteiger partial charge on any atom is -0.342 e. The Morgan fingerprint density at radius 2 is 1.58 bits per heavy atom. The molecule has 0 aromatic heterocycles. The lowest BCUT2D eigenvalue weighted by atomic mass is 9.83. The summed E-state index contributed by atoms with van der Waals surface area (Å²) < 4.78 is 0. The number of rotatable bonds is 3. The fourth-order valence-electron chi connectivity index (χ4n) is 3.95. The SMILES string of the molecule is CN(C(=O)C1CCCCCC1)C1CCCCC1CN. The molecule has 2 unspecified atom stereocenters. The van der Waals surface area contributed by atoms with Crippen molar-refractivity contribution in [3.63, 3.8) is 0 Å². The molecule has 3 nitrogen and oxygen atoms in total. The van der Waals surface area contributed by atoms with Gasteiger partial charge in [-0.15, -0.1) is 0 Å². The lowest BCUT2D eigenvalue weighted by Gasteiger charge is -2.39. The van der Waals surface area contributed by atoms with Crippen LogP contribution in [0.5, 0.6) is 0 Å². The lowest BCUT2D eigenvalue weighted by molar-refractivity contribution is -0.138. The molecule has 2 aliphatic carbocycles. The molecule has 0 aliphatic heterocycles. The second-order valence-electron chi connectivity index (χ2n) is 6.49. The highest BCUT2D eigenvalue weighted by Gasteiger charge is 2.32. The average molecular weight is 266 g/mol. The Kier molecular flexibility index (Phi) is 5.68. The largest absolute Gasteiger partial charge is 0.342 e. The molecule has 0 radical (unpaired) electrons. The monoisotopic (exact) mass is 266 g/mol. The summed E-state index contributed by atoms with van der Waals surface area (Å²) in [5, 5.41) is 0. The van der Waals surface area contributed by atoms with E-state index in [4.69, 9.17) is 5.73 Å². The summed E-state index contributed by atoms with van der Waals surface area (Å²) in [5.41, 5.74) is 5.90.